The number of methoxy groups -OCH3 is 2. The van der Waals surface area contributed by atoms with Crippen LogP contribution in [0.4, 0.5) is 0 Å². The first-order valence-corrected chi connectivity index (χ1v) is 9.02. The molecule has 0 fully saturated rings. The molecule has 0 aromatic heterocycles. The minimum atomic E-state index is 0.846. The normalized spacial score (nSPS) is 12.9. The van der Waals surface area contributed by atoms with Gasteiger partial charge in [0, 0.05) is 16.5 Å². The molecule has 2 heteroatoms. The fourth-order valence-corrected chi connectivity index (χ4v) is 4.05. The summed E-state index contributed by atoms with van der Waals surface area (Å²) in [5.41, 5.74) is 6.64. The number of hydrogen-bond acceptors (Lipinski definition) is 2. The molecule has 134 valence electrons. The molecule has 0 spiro atoms. The number of fused-ring (bicyclic) bond motifs is 2. The van der Waals surface area contributed by atoms with Gasteiger partial charge >= 0.3 is 0 Å². The van der Waals surface area contributed by atoms with Crippen molar-refractivity contribution in [2.24, 2.45) is 0 Å². The van der Waals surface area contributed by atoms with E-state index in [4.69, 9.17) is 9.47 Å². The number of rotatable bonds is 4. The zero-order valence-corrected chi connectivity index (χ0v) is 15.9. The quantitative estimate of drug-likeness (QED) is 0.532. The lowest BCUT2D eigenvalue weighted by Gasteiger charge is -2.15. The molecule has 2 nitrogen and oxygen atoms in total. The van der Waals surface area contributed by atoms with Gasteiger partial charge in [-0.05, 0) is 46.7 Å². The summed E-state index contributed by atoms with van der Waals surface area (Å²) in [6.07, 6.45) is 6.13. The smallest absolute Gasteiger partial charge is 0.127 e. The van der Waals surface area contributed by atoms with Gasteiger partial charge in [0.05, 0.1) is 14.2 Å². The summed E-state index contributed by atoms with van der Waals surface area (Å²) in [7, 11) is 3.44. The van der Waals surface area contributed by atoms with Crippen LogP contribution in [0.5, 0.6) is 11.5 Å². The van der Waals surface area contributed by atoms with E-state index in [0.717, 1.165) is 50.3 Å². The third-order valence-electron chi connectivity index (χ3n) is 5.13. The largest absolute Gasteiger partial charge is 0.496 e. The molecule has 0 amide bonds. The van der Waals surface area contributed by atoms with Crippen LogP contribution in [0.1, 0.15) is 18.1 Å². The van der Waals surface area contributed by atoms with Crippen molar-refractivity contribution in [1.29, 1.82) is 0 Å². The van der Waals surface area contributed by atoms with Crippen molar-refractivity contribution in [1.82, 2.24) is 0 Å². The highest BCUT2D eigenvalue weighted by molar-refractivity contribution is 6.17. The van der Waals surface area contributed by atoms with E-state index in [1.54, 1.807) is 14.2 Å². The highest BCUT2D eigenvalue weighted by Crippen LogP contribution is 2.50. The van der Waals surface area contributed by atoms with Gasteiger partial charge in [0.15, 0.2) is 0 Å². The molecule has 0 bridgehead atoms. The van der Waals surface area contributed by atoms with Crippen molar-refractivity contribution in [2.45, 2.75) is 6.92 Å². The molecule has 4 rings (SSSR count). The second-order valence-electron chi connectivity index (χ2n) is 6.46. The van der Waals surface area contributed by atoms with Gasteiger partial charge < -0.3 is 9.47 Å². The van der Waals surface area contributed by atoms with Crippen LogP contribution in [0, 0.1) is 0 Å². The molecule has 0 saturated heterocycles. The van der Waals surface area contributed by atoms with Crippen LogP contribution in [-0.4, -0.2) is 14.2 Å². The molecule has 3 aromatic rings. The van der Waals surface area contributed by atoms with E-state index < -0.39 is 0 Å². The Hall–Kier alpha value is -3.26. The summed E-state index contributed by atoms with van der Waals surface area (Å²) in [6.45, 7) is 6.16. The lowest BCUT2D eigenvalue weighted by Crippen LogP contribution is -1.93. The van der Waals surface area contributed by atoms with E-state index >= 15 is 0 Å². The summed E-state index contributed by atoms with van der Waals surface area (Å²) in [6, 6.07) is 16.7. The Morgan fingerprint density at radius 1 is 0.778 bits per heavy atom. The van der Waals surface area contributed by atoms with E-state index in [1.807, 2.05) is 31.2 Å². The van der Waals surface area contributed by atoms with Gasteiger partial charge in [0.2, 0.25) is 0 Å². The van der Waals surface area contributed by atoms with Gasteiger partial charge in [-0.15, -0.1) is 0 Å². The fourth-order valence-electron chi connectivity index (χ4n) is 4.05. The van der Waals surface area contributed by atoms with Crippen LogP contribution < -0.4 is 9.47 Å². The first-order valence-electron chi connectivity index (χ1n) is 9.02. The number of benzene rings is 3. The van der Waals surface area contributed by atoms with Crippen LogP contribution in [0.25, 0.3) is 33.0 Å². The molecule has 0 aliphatic heterocycles. The third-order valence-corrected chi connectivity index (χ3v) is 5.13. The van der Waals surface area contributed by atoms with E-state index in [2.05, 4.69) is 49.1 Å². The van der Waals surface area contributed by atoms with Crippen molar-refractivity contribution in [3.63, 3.8) is 0 Å². The highest BCUT2D eigenvalue weighted by atomic mass is 16.5. The first-order chi connectivity index (χ1) is 13.2. The van der Waals surface area contributed by atoms with Crippen LogP contribution in [0.2, 0.25) is 0 Å². The molecule has 27 heavy (non-hydrogen) atoms. The van der Waals surface area contributed by atoms with Gasteiger partial charge in [-0.3, -0.25) is 0 Å². The fraction of sp³-hybridized carbons (Fsp3) is 0.120. The zero-order valence-electron chi connectivity index (χ0n) is 15.9. The monoisotopic (exact) mass is 354 g/mol. The molecule has 0 saturated carbocycles. The highest BCUT2D eigenvalue weighted by Gasteiger charge is 2.25. The number of allylic oxidation sites excluding steroid dienone is 5. The van der Waals surface area contributed by atoms with E-state index in [0.29, 0.717) is 0 Å². The average molecular weight is 354 g/mol. The molecule has 0 atom stereocenters. The predicted molar refractivity (Wildman–Crippen MR) is 114 cm³/mol. The standard InChI is InChI=1S/C25H22O2/c1-5-9-18-17(6-2)25-22(27-4)15-14-16-10-7-12-20(23(16)25)24-19(18)11-8-13-21(24)26-3/h5-15H,2H2,1,3-4H3/b9-5-. The minimum Gasteiger partial charge on any atom is -0.496 e. The van der Waals surface area contributed by atoms with Gasteiger partial charge in [-0.2, -0.15) is 0 Å². The SMILES string of the molecule is C=CC1=C(/C=C\C)c2cccc(OC)c2-c2cccc3ccc(OC)c1c23. The predicted octanol–water partition coefficient (Wildman–Crippen LogP) is 6.51. The number of ether oxygens (including phenoxy) is 2. The third kappa shape index (κ3) is 2.48. The Morgan fingerprint density at radius 3 is 2.19 bits per heavy atom. The van der Waals surface area contributed by atoms with Crippen LogP contribution in [-0.2, 0) is 0 Å². The molecular weight excluding hydrogens is 332 g/mol. The Kier molecular flexibility index (Phi) is 4.33. The molecule has 0 radical (unpaired) electrons. The lowest BCUT2D eigenvalue weighted by molar-refractivity contribution is 0.414. The second kappa shape index (κ2) is 6.81. The Bertz CT molecular complexity index is 1120. The summed E-state index contributed by atoms with van der Waals surface area (Å²) in [4.78, 5) is 0. The van der Waals surface area contributed by atoms with Crippen molar-refractivity contribution in [2.75, 3.05) is 14.2 Å². The van der Waals surface area contributed by atoms with Crippen LogP contribution >= 0.6 is 0 Å². The molecule has 1 aliphatic rings. The van der Waals surface area contributed by atoms with Gasteiger partial charge in [-0.1, -0.05) is 61.2 Å². The Balaban J connectivity index is 2.33. The van der Waals surface area contributed by atoms with Crippen molar-refractivity contribution < 1.29 is 9.47 Å². The molecule has 1 aliphatic carbocycles. The Labute approximate surface area is 160 Å². The van der Waals surface area contributed by atoms with Gasteiger partial charge in [-0.25, -0.2) is 0 Å². The molecular formula is C25H22O2. The summed E-state index contributed by atoms with van der Waals surface area (Å²) < 4.78 is 11.5. The van der Waals surface area contributed by atoms with E-state index in [1.165, 1.54) is 5.39 Å². The first kappa shape index (κ1) is 17.2. The Morgan fingerprint density at radius 2 is 1.48 bits per heavy atom. The average Bonchev–Trinajstić information content (AvgIpc) is 2.83. The van der Waals surface area contributed by atoms with Gasteiger partial charge in [0.25, 0.3) is 0 Å². The van der Waals surface area contributed by atoms with Crippen LogP contribution in [0.15, 0.2) is 73.3 Å². The second-order valence-corrected chi connectivity index (χ2v) is 6.46. The maximum absolute atomic E-state index is 5.77. The summed E-state index contributed by atoms with van der Waals surface area (Å²) in [5, 5.41) is 2.33. The van der Waals surface area contributed by atoms with Crippen molar-refractivity contribution >= 4 is 21.9 Å². The maximum atomic E-state index is 5.77. The van der Waals surface area contributed by atoms with E-state index in [-0.39, 0.29) is 0 Å². The van der Waals surface area contributed by atoms with Crippen LogP contribution in [0.3, 0.4) is 0 Å². The molecule has 0 unspecified atom stereocenters. The maximum Gasteiger partial charge on any atom is 0.127 e. The van der Waals surface area contributed by atoms with Crippen molar-refractivity contribution in [3.05, 3.63) is 84.5 Å². The van der Waals surface area contributed by atoms with E-state index in [9.17, 15) is 0 Å². The molecule has 0 N–H and O–H groups in total. The molecule has 3 aromatic carbocycles. The molecule has 0 heterocycles. The minimum absolute atomic E-state index is 0.846. The number of hydrogen-bond donors (Lipinski definition) is 0. The summed E-state index contributed by atoms with van der Waals surface area (Å²) in [5.74, 6) is 1.71. The lowest BCUT2D eigenvalue weighted by atomic mass is 9.92. The summed E-state index contributed by atoms with van der Waals surface area (Å²) >= 11 is 0. The topological polar surface area (TPSA) is 18.5 Å². The van der Waals surface area contributed by atoms with Crippen molar-refractivity contribution in [3.8, 4) is 22.6 Å². The zero-order chi connectivity index (χ0) is 19.0. The van der Waals surface area contributed by atoms with Gasteiger partial charge in [0.1, 0.15) is 11.5 Å².